The Hall–Kier alpha value is -1.31. The maximum absolute atomic E-state index is 12.0. The van der Waals surface area contributed by atoms with Crippen molar-refractivity contribution in [2.45, 2.75) is 59.9 Å². The predicted octanol–water partition coefficient (Wildman–Crippen LogP) is 4.21. The third-order valence-electron chi connectivity index (χ3n) is 3.31. The van der Waals surface area contributed by atoms with Gasteiger partial charge in [0.15, 0.2) is 0 Å². The smallest absolute Gasteiger partial charge is 0.225 e. The molecule has 1 atom stereocenters. The average Bonchev–Trinajstić information content (AvgIpc) is 2.26. The first-order valence-electron chi connectivity index (χ1n) is 6.93. The second-order valence-corrected chi connectivity index (χ2v) is 7.32. The monoisotopic (exact) mass is 261 g/mol. The molecule has 2 heteroatoms. The Balaban J connectivity index is 2.79. The molecule has 0 bridgehead atoms. The van der Waals surface area contributed by atoms with Gasteiger partial charge >= 0.3 is 0 Å². The molecule has 0 unspecified atom stereocenters. The molecule has 0 saturated carbocycles. The lowest BCUT2D eigenvalue weighted by Gasteiger charge is -2.23. The summed E-state index contributed by atoms with van der Waals surface area (Å²) >= 11 is 0. The van der Waals surface area contributed by atoms with E-state index < -0.39 is 0 Å². The number of rotatable bonds is 2. The molecule has 1 aromatic carbocycles. The van der Waals surface area contributed by atoms with Gasteiger partial charge in [-0.1, -0.05) is 65.8 Å². The average molecular weight is 261 g/mol. The number of benzene rings is 1. The van der Waals surface area contributed by atoms with Crippen molar-refractivity contribution in [1.29, 1.82) is 0 Å². The quantitative estimate of drug-likeness (QED) is 0.849. The first kappa shape index (κ1) is 15.7. The van der Waals surface area contributed by atoms with Gasteiger partial charge in [-0.25, -0.2) is 0 Å². The summed E-state index contributed by atoms with van der Waals surface area (Å²) in [4.78, 5) is 12.0. The summed E-state index contributed by atoms with van der Waals surface area (Å²) in [6.07, 6.45) is 0. The molecule has 1 aromatic rings. The number of carbonyl (C=O) groups excluding carboxylic acids is 1. The molecule has 0 heterocycles. The number of amides is 1. The zero-order chi connectivity index (χ0) is 14.8. The van der Waals surface area contributed by atoms with Crippen LogP contribution in [0.4, 0.5) is 0 Å². The van der Waals surface area contributed by atoms with E-state index in [4.69, 9.17) is 0 Å². The van der Waals surface area contributed by atoms with E-state index in [-0.39, 0.29) is 22.8 Å². The van der Waals surface area contributed by atoms with E-state index in [0.29, 0.717) is 0 Å². The maximum atomic E-state index is 12.0. The third kappa shape index (κ3) is 4.38. The SMILES string of the molecule is C[C@@H](NC(=O)C(C)(C)C)c1ccc(C(C)(C)C)cc1. The van der Waals surface area contributed by atoms with E-state index in [2.05, 4.69) is 50.4 Å². The summed E-state index contributed by atoms with van der Waals surface area (Å²) in [5.41, 5.74) is 2.27. The molecular weight excluding hydrogens is 234 g/mol. The van der Waals surface area contributed by atoms with Gasteiger partial charge in [-0.05, 0) is 23.5 Å². The molecule has 19 heavy (non-hydrogen) atoms. The van der Waals surface area contributed by atoms with Crippen LogP contribution in [-0.2, 0) is 10.2 Å². The van der Waals surface area contributed by atoms with Crippen LogP contribution in [0.15, 0.2) is 24.3 Å². The van der Waals surface area contributed by atoms with Gasteiger partial charge in [0.1, 0.15) is 0 Å². The van der Waals surface area contributed by atoms with Crippen molar-refractivity contribution >= 4 is 5.91 Å². The molecule has 0 radical (unpaired) electrons. The Morgan fingerprint density at radius 3 is 1.84 bits per heavy atom. The number of hydrogen-bond donors (Lipinski definition) is 1. The predicted molar refractivity (Wildman–Crippen MR) is 81.2 cm³/mol. The highest BCUT2D eigenvalue weighted by molar-refractivity contribution is 5.81. The van der Waals surface area contributed by atoms with Gasteiger partial charge in [0, 0.05) is 5.41 Å². The van der Waals surface area contributed by atoms with Gasteiger partial charge in [-0.15, -0.1) is 0 Å². The van der Waals surface area contributed by atoms with Crippen LogP contribution in [0.5, 0.6) is 0 Å². The van der Waals surface area contributed by atoms with Gasteiger partial charge in [0.05, 0.1) is 6.04 Å². The van der Waals surface area contributed by atoms with E-state index in [9.17, 15) is 4.79 Å². The zero-order valence-corrected chi connectivity index (χ0v) is 13.3. The lowest BCUT2D eigenvalue weighted by Crippen LogP contribution is -2.36. The standard InChI is InChI=1S/C17H27NO/c1-12(18-15(19)17(5,6)7)13-8-10-14(11-9-13)16(2,3)4/h8-12H,1-7H3,(H,18,19)/t12-/m1/s1. The zero-order valence-electron chi connectivity index (χ0n) is 13.3. The lowest BCUT2D eigenvalue weighted by molar-refractivity contribution is -0.129. The first-order valence-corrected chi connectivity index (χ1v) is 6.93. The van der Waals surface area contributed by atoms with Crippen LogP contribution in [0, 0.1) is 5.41 Å². The molecular formula is C17H27NO. The Labute approximate surface area is 117 Å². The molecule has 106 valence electrons. The van der Waals surface area contributed by atoms with Crippen molar-refractivity contribution in [2.24, 2.45) is 5.41 Å². The van der Waals surface area contributed by atoms with Crippen molar-refractivity contribution in [3.63, 3.8) is 0 Å². The minimum absolute atomic E-state index is 0.0424. The molecule has 0 aliphatic rings. The number of carbonyl (C=O) groups is 1. The fourth-order valence-electron chi connectivity index (χ4n) is 1.77. The summed E-state index contributed by atoms with van der Waals surface area (Å²) in [6.45, 7) is 14.4. The maximum Gasteiger partial charge on any atom is 0.225 e. The molecule has 0 aromatic heterocycles. The molecule has 1 N–H and O–H groups in total. The van der Waals surface area contributed by atoms with Crippen LogP contribution in [0.3, 0.4) is 0 Å². The van der Waals surface area contributed by atoms with Crippen LogP contribution in [0.25, 0.3) is 0 Å². The number of nitrogens with one attached hydrogen (secondary N) is 1. The molecule has 0 fully saturated rings. The van der Waals surface area contributed by atoms with Crippen molar-refractivity contribution < 1.29 is 4.79 Å². The topological polar surface area (TPSA) is 29.1 Å². The summed E-state index contributed by atoms with van der Waals surface area (Å²) in [5, 5.41) is 3.06. The van der Waals surface area contributed by atoms with Crippen LogP contribution < -0.4 is 5.32 Å². The van der Waals surface area contributed by atoms with Gasteiger partial charge < -0.3 is 5.32 Å². The van der Waals surface area contributed by atoms with Crippen molar-refractivity contribution in [3.05, 3.63) is 35.4 Å². The summed E-state index contributed by atoms with van der Waals surface area (Å²) in [6, 6.07) is 8.55. The molecule has 1 rings (SSSR count). The minimum atomic E-state index is -0.348. The summed E-state index contributed by atoms with van der Waals surface area (Å²) in [7, 11) is 0. The normalized spacial score (nSPS) is 14.1. The largest absolute Gasteiger partial charge is 0.349 e. The van der Waals surface area contributed by atoms with E-state index in [0.717, 1.165) is 5.56 Å². The second-order valence-electron chi connectivity index (χ2n) is 7.32. The summed E-state index contributed by atoms with van der Waals surface area (Å²) in [5.74, 6) is 0.0832. The van der Waals surface area contributed by atoms with Crippen LogP contribution >= 0.6 is 0 Å². The van der Waals surface area contributed by atoms with Crippen molar-refractivity contribution in [2.75, 3.05) is 0 Å². The van der Waals surface area contributed by atoms with Crippen LogP contribution in [0.2, 0.25) is 0 Å². The molecule has 0 aliphatic carbocycles. The molecule has 0 aliphatic heterocycles. The first-order chi connectivity index (χ1) is 8.51. The van der Waals surface area contributed by atoms with Gasteiger partial charge in [0.25, 0.3) is 0 Å². The number of hydrogen-bond acceptors (Lipinski definition) is 1. The fraction of sp³-hybridized carbons (Fsp3) is 0.588. The van der Waals surface area contributed by atoms with E-state index in [1.807, 2.05) is 27.7 Å². The Kier molecular flexibility index (Phi) is 4.44. The molecule has 2 nitrogen and oxygen atoms in total. The highest BCUT2D eigenvalue weighted by Crippen LogP contribution is 2.24. The highest BCUT2D eigenvalue weighted by Gasteiger charge is 2.23. The van der Waals surface area contributed by atoms with Gasteiger partial charge in [0.2, 0.25) is 5.91 Å². The molecule has 0 spiro atoms. The highest BCUT2D eigenvalue weighted by atomic mass is 16.2. The van der Waals surface area contributed by atoms with Crippen LogP contribution in [0.1, 0.15) is 65.6 Å². The molecule has 1 amide bonds. The Morgan fingerprint density at radius 2 is 1.47 bits per heavy atom. The second kappa shape index (κ2) is 5.36. The minimum Gasteiger partial charge on any atom is -0.349 e. The van der Waals surface area contributed by atoms with Crippen molar-refractivity contribution in [1.82, 2.24) is 5.32 Å². The van der Waals surface area contributed by atoms with Gasteiger partial charge in [-0.2, -0.15) is 0 Å². The van der Waals surface area contributed by atoms with E-state index in [1.165, 1.54) is 5.56 Å². The van der Waals surface area contributed by atoms with E-state index >= 15 is 0 Å². The van der Waals surface area contributed by atoms with Crippen molar-refractivity contribution in [3.8, 4) is 0 Å². The van der Waals surface area contributed by atoms with Gasteiger partial charge in [-0.3, -0.25) is 4.79 Å². The molecule has 0 saturated heterocycles. The lowest BCUT2D eigenvalue weighted by atomic mass is 9.86. The van der Waals surface area contributed by atoms with E-state index in [1.54, 1.807) is 0 Å². The Morgan fingerprint density at radius 1 is 1.00 bits per heavy atom. The summed E-state index contributed by atoms with van der Waals surface area (Å²) < 4.78 is 0. The Bertz CT molecular complexity index is 432. The fourth-order valence-corrected chi connectivity index (χ4v) is 1.77. The van der Waals surface area contributed by atoms with Crippen LogP contribution in [-0.4, -0.2) is 5.91 Å². The third-order valence-corrected chi connectivity index (χ3v) is 3.31.